The largest absolute Gasteiger partial charge is 0.383 e. The molecular weight excluding hydrogens is 212 g/mol. The Morgan fingerprint density at radius 1 is 1.41 bits per heavy atom. The molecule has 0 saturated heterocycles. The number of hydrogen-bond donors (Lipinski definition) is 1. The molecule has 0 amide bonds. The molecule has 0 radical (unpaired) electrons. The van der Waals surface area contributed by atoms with Gasteiger partial charge >= 0.3 is 0 Å². The van der Waals surface area contributed by atoms with Crippen LogP contribution in [0.2, 0.25) is 0 Å². The number of benzene rings is 1. The number of rotatable bonds is 5. The smallest absolute Gasteiger partial charge is 0.109 e. The van der Waals surface area contributed by atoms with Gasteiger partial charge < -0.3 is 10.1 Å². The summed E-state index contributed by atoms with van der Waals surface area (Å²) in [6.45, 7) is 5.43. The first-order chi connectivity index (χ1) is 7.97. The van der Waals surface area contributed by atoms with Gasteiger partial charge in [-0.15, -0.1) is 6.58 Å². The lowest BCUT2D eigenvalue weighted by Crippen LogP contribution is -2.36. The third-order valence-electron chi connectivity index (χ3n) is 2.40. The van der Waals surface area contributed by atoms with Gasteiger partial charge in [-0.05, 0) is 13.3 Å². The van der Waals surface area contributed by atoms with Crippen LogP contribution in [0.1, 0.15) is 18.9 Å². The van der Waals surface area contributed by atoms with Crippen LogP contribution in [0.15, 0.2) is 48.1 Å². The molecule has 0 bridgehead atoms. The molecule has 0 saturated carbocycles. The van der Waals surface area contributed by atoms with Crippen molar-refractivity contribution in [1.82, 2.24) is 5.01 Å². The van der Waals surface area contributed by atoms with Crippen LogP contribution in [-0.2, 0) is 0 Å². The Bertz CT molecular complexity index is 394. The van der Waals surface area contributed by atoms with E-state index in [0.29, 0.717) is 12.1 Å². The lowest BCUT2D eigenvalue weighted by atomic mass is 9.91. The van der Waals surface area contributed by atoms with Crippen molar-refractivity contribution < 1.29 is 5.11 Å². The molecule has 0 spiro atoms. The Balaban J connectivity index is 3.18. The van der Waals surface area contributed by atoms with Crippen molar-refractivity contribution in [2.24, 2.45) is 5.10 Å². The fourth-order valence-corrected chi connectivity index (χ4v) is 1.65. The van der Waals surface area contributed by atoms with Crippen LogP contribution < -0.4 is 0 Å². The van der Waals surface area contributed by atoms with Gasteiger partial charge in [-0.2, -0.15) is 5.10 Å². The van der Waals surface area contributed by atoms with E-state index in [1.807, 2.05) is 44.4 Å². The molecule has 0 aliphatic heterocycles. The van der Waals surface area contributed by atoms with Gasteiger partial charge in [0.2, 0.25) is 0 Å². The van der Waals surface area contributed by atoms with Gasteiger partial charge in [0.05, 0.1) is 5.71 Å². The minimum absolute atomic E-state index is 0.467. The van der Waals surface area contributed by atoms with Crippen molar-refractivity contribution in [3.8, 4) is 0 Å². The lowest BCUT2D eigenvalue weighted by molar-refractivity contribution is 0.134. The quantitative estimate of drug-likeness (QED) is 0.480. The second-order valence-corrected chi connectivity index (χ2v) is 4.43. The molecule has 0 aliphatic carbocycles. The first-order valence-electron chi connectivity index (χ1n) is 5.62. The predicted molar refractivity (Wildman–Crippen MR) is 72.1 cm³/mol. The fourth-order valence-electron chi connectivity index (χ4n) is 1.65. The van der Waals surface area contributed by atoms with Gasteiger partial charge in [0.15, 0.2) is 0 Å². The molecule has 3 heteroatoms. The van der Waals surface area contributed by atoms with Crippen molar-refractivity contribution in [3.05, 3.63) is 48.6 Å². The summed E-state index contributed by atoms with van der Waals surface area (Å²) >= 11 is 0. The zero-order valence-corrected chi connectivity index (χ0v) is 10.7. The van der Waals surface area contributed by atoms with Gasteiger partial charge in [-0.3, -0.25) is 0 Å². The highest BCUT2D eigenvalue weighted by atomic mass is 16.3. The molecule has 1 rings (SSSR count). The van der Waals surface area contributed by atoms with E-state index in [9.17, 15) is 5.11 Å². The minimum Gasteiger partial charge on any atom is -0.383 e. The fraction of sp³-hybridized carbons (Fsp3) is 0.357. The first kappa shape index (κ1) is 13.5. The topological polar surface area (TPSA) is 35.8 Å². The number of nitrogens with zero attached hydrogens (tertiary/aromatic N) is 2. The molecule has 1 atom stereocenters. The van der Waals surface area contributed by atoms with Gasteiger partial charge in [-0.1, -0.05) is 36.4 Å². The first-order valence-corrected chi connectivity index (χ1v) is 5.62. The van der Waals surface area contributed by atoms with E-state index in [4.69, 9.17) is 0 Å². The molecule has 1 unspecified atom stereocenters. The summed E-state index contributed by atoms with van der Waals surface area (Å²) in [5.74, 6) is 0. The molecule has 1 aromatic rings. The van der Waals surface area contributed by atoms with E-state index in [2.05, 4.69) is 11.7 Å². The van der Waals surface area contributed by atoms with Crippen molar-refractivity contribution in [1.29, 1.82) is 0 Å². The van der Waals surface area contributed by atoms with Crippen molar-refractivity contribution in [2.45, 2.75) is 18.9 Å². The molecule has 1 N–H and O–H groups in total. The van der Waals surface area contributed by atoms with Crippen LogP contribution in [0, 0.1) is 0 Å². The van der Waals surface area contributed by atoms with E-state index in [-0.39, 0.29) is 0 Å². The van der Waals surface area contributed by atoms with E-state index in [1.54, 1.807) is 18.0 Å². The van der Waals surface area contributed by atoms with E-state index >= 15 is 0 Å². The Hall–Kier alpha value is -1.61. The normalized spacial score (nSPS) is 15.2. The Morgan fingerprint density at radius 3 is 2.47 bits per heavy atom. The van der Waals surface area contributed by atoms with E-state index in [1.165, 1.54) is 0 Å². The molecule has 0 fully saturated rings. The zero-order valence-electron chi connectivity index (χ0n) is 10.7. The maximum atomic E-state index is 10.4. The van der Waals surface area contributed by atoms with Crippen LogP contribution in [0.3, 0.4) is 0 Å². The third-order valence-corrected chi connectivity index (χ3v) is 2.40. The highest BCUT2D eigenvalue weighted by Gasteiger charge is 2.27. The Morgan fingerprint density at radius 2 is 2.00 bits per heavy atom. The minimum atomic E-state index is -1.01. The Kier molecular flexibility index (Phi) is 4.46. The van der Waals surface area contributed by atoms with E-state index in [0.717, 1.165) is 5.56 Å². The summed E-state index contributed by atoms with van der Waals surface area (Å²) < 4.78 is 0. The molecule has 92 valence electrons. The lowest BCUT2D eigenvalue weighted by Gasteiger charge is -2.25. The van der Waals surface area contributed by atoms with Crippen molar-refractivity contribution in [3.63, 3.8) is 0 Å². The molecule has 0 heterocycles. The van der Waals surface area contributed by atoms with Gasteiger partial charge in [0, 0.05) is 19.7 Å². The second kappa shape index (κ2) is 5.64. The molecule has 0 aromatic heterocycles. The third kappa shape index (κ3) is 3.71. The van der Waals surface area contributed by atoms with Crippen LogP contribution >= 0.6 is 0 Å². The summed E-state index contributed by atoms with van der Waals surface area (Å²) in [6.07, 6.45) is 2.17. The SMILES string of the molecule is C=CCC(C)(O)/C(=N/N(C)C)c1ccccc1. The highest BCUT2D eigenvalue weighted by Crippen LogP contribution is 2.19. The standard InChI is InChI=1S/C14H20N2O/c1-5-11-14(2,17)13(15-16(3)4)12-9-7-6-8-10-12/h5-10,17H,1,11H2,2-4H3/b15-13+. The second-order valence-electron chi connectivity index (χ2n) is 4.43. The van der Waals surface area contributed by atoms with Gasteiger partial charge in [0.25, 0.3) is 0 Å². The zero-order chi connectivity index (χ0) is 12.9. The number of hydrazone groups is 1. The summed E-state index contributed by atoms with van der Waals surface area (Å²) in [5, 5.41) is 16.5. The maximum Gasteiger partial charge on any atom is 0.109 e. The highest BCUT2D eigenvalue weighted by molar-refractivity contribution is 6.06. The average molecular weight is 232 g/mol. The average Bonchev–Trinajstić information content (AvgIpc) is 2.26. The van der Waals surface area contributed by atoms with Crippen LogP contribution in [0.25, 0.3) is 0 Å². The summed E-state index contributed by atoms with van der Waals surface area (Å²) in [5.41, 5.74) is 0.573. The van der Waals surface area contributed by atoms with Crippen molar-refractivity contribution in [2.75, 3.05) is 14.1 Å². The predicted octanol–water partition coefficient (Wildman–Crippen LogP) is 2.28. The number of hydrogen-bond acceptors (Lipinski definition) is 3. The molecular formula is C14H20N2O. The molecule has 17 heavy (non-hydrogen) atoms. The monoisotopic (exact) mass is 232 g/mol. The number of aliphatic hydroxyl groups is 1. The van der Waals surface area contributed by atoms with Crippen LogP contribution in [0.5, 0.6) is 0 Å². The molecule has 1 aromatic carbocycles. The van der Waals surface area contributed by atoms with Crippen molar-refractivity contribution >= 4 is 5.71 Å². The van der Waals surface area contributed by atoms with Gasteiger partial charge in [0.1, 0.15) is 5.60 Å². The summed E-state index contributed by atoms with van der Waals surface area (Å²) in [7, 11) is 3.68. The maximum absolute atomic E-state index is 10.4. The Labute approximate surface area is 103 Å². The van der Waals surface area contributed by atoms with Crippen LogP contribution in [0.4, 0.5) is 0 Å². The van der Waals surface area contributed by atoms with E-state index < -0.39 is 5.60 Å². The summed E-state index contributed by atoms with van der Waals surface area (Å²) in [6, 6.07) is 9.70. The van der Waals surface area contributed by atoms with Gasteiger partial charge in [-0.25, -0.2) is 0 Å². The van der Waals surface area contributed by atoms with Crippen LogP contribution in [-0.4, -0.2) is 35.5 Å². The molecule has 0 aliphatic rings. The summed E-state index contributed by atoms with van der Waals surface area (Å²) in [4.78, 5) is 0. The molecule has 3 nitrogen and oxygen atoms in total.